The topological polar surface area (TPSA) is 136 Å². The van der Waals surface area contributed by atoms with E-state index in [1.165, 1.54) is 24.3 Å². The molecule has 46 heavy (non-hydrogen) atoms. The van der Waals surface area contributed by atoms with E-state index in [-0.39, 0.29) is 24.5 Å². The fourth-order valence-corrected chi connectivity index (χ4v) is 6.55. The summed E-state index contributed by atoms with van der Waals surface area (Å²) in [5, 5.41) is 38.3. The number of carbonyl (C=O) groups is 2. The number of hydrogen-bond donors (Lipinski definition) is 5. The van der Waals surface area contributed by atoms with E-state index in [1.54, 1.807) is 41.6 Å². The molecule has 0 unspecified atom stereocenters. The van der Waals surface area contributed by atoms with Crippen LogP contribution in [-0.4, -0.2) is 93.2 Å². The van der Waals surface area contributed by atoms with Crippen molar-refractivity contribution in [2.24, 2.45) is 5.41 Å². The normalized spacial score (nSPS) is 25.1. The molecular formula is C34H44F2N4O6. The lowest BCUT2D eigenvalue weighted by Gasteiger charge is -2.37. The Labute approximate surface area is 267 Å². The number of amides is 2. The quantitative estimate of drug-likeness (QED) is 0.255. The first-order valence-electron chi connectivity index (χ1n) is 15.7. The second-order valence-electron chi connectivity index (χ2n) is 13.5. The number of aliphatic hydroxyl groups excluding tert-OH is 3. The average Bonchev–Trinajstić information content (AvgIpc) is 3.60. The van der Waals surface area contributed by atoms with Crippen LogP contribution in [0.1, 0.15) is 52.3 Å². The Hall–Kier alpha value is -3.42. The molecule has 0 bridgehead atoms. The van der Waals surface area contributed by atoms with Crippen LogP contribution in [-0.2, 0) is 20.7 Å². The lowest BCUT2D eigenvalue weighted by Crippen LogP contribution is -2.58. The highest BCUT2D eigenvalue weighted by molar-refractivity contribution is 5.93. The van der Waals surface area contributed by atoms with Gasteiger partial charge in [0.05, 0.1) is 23.9 Å². The van der Waals surface area contributed by atoms with E-state index in [1.807, 2.05) is 20.8 Å². The SMILES string of the molecule is CN[C@@H](C)C(=O)N[C@H](C(=O)N1CCC[C@H]1Cc1c(-c2ccc(F)cc2)n([C@@H]2OC[C@@H](O)[C@H](O)[C@H]2O)c2cc(F)ccc12)C(C)(C)C. The monoisotopic (exact) mass is 642 g/mol. The Morgan fingerprint density at radius 1 is 1.04 bits per heavy atom. The second-order valence-corrected chi connectivity index (χ2v) is 13.5. The molecular weight excluding hydrogens is 598 g/mol. The van der Waals surface area contributed by atoms with Crippen LogP contribution in [0.4, 0.5) is 8.78 Å². The molecule has 2 fully saturated rings. The van der Waals surface area contributed by atoms with Gasteiger partial charge in [0.15, 0.2) is 6.23 Å². The van der Waals surface area contributed by atoms with Gasteiger partial charge in [0.25, 0.3) is 0 Å². The van der Waals surface area contributed by atoms with Crippen LogP contribution in [0.15, 0.2) is 42.5 Å². The van der Waals surface area contributed by atoms with Crippen LogP contribution >= 0.6 is 0 Å². The molecule has 2 aromatic carbocycles. The number of nitrogens with zero attached hydrogens (tertiary/aromatic N) is 2. The third-order valence-corrected chi connectivity index (χ3v) is 9.24. The van der Waals surface area contributed by atoms with Crippen molar-refractivity contribution in [2.75, 3.05) is 20.2 Å². The van der Waals surface area contributed by atoms with Crippen LogP contribution in [0.2, 0.25) is 0 Å². The van der Waals surface area contributed by atoms with Gasteiger partial charge < -0.3 is 40.2 Å². The number of carbonyl (C=O) groups excluding carboxylic acids is 2. The summed E-state index contributed by atoms with van der Waals surface area (Å²) >= 11 is 0. The highest BCUT2D eigenvalue weighted by Crippen LogP contribution is 2.41. The molecule has 5 rings (SSSR count). The van der Waals surface area contributed by atoms with E-state index in [0.29, 0.717) is 41.5 Å². The van der Waals surface area contributed by atoms with Gasteiger partial charge in [-0.1, -0.05) is 20.8 Å². The Balaban J connectivity index is 1.61. The first kappa shape index (κ1) is 33.9. The molecule has 2 aliphatic rings. The van der Waals surface area contributed by atoms with Crippen molar-refractivity contribution in [3.63, 3.8) is 0 Å². The van der Waals surface area contributed by atoms with Crippen molar-refractivity contribution in [1.82, 2.24) is 20.1 Å². The summed E-state index contributed by atoms with van der Waals surface area (Å²) in [6, 6.07) is 8.44. The van der Waals surface area contributed by atoms with E-state index in [9.17, 15) is 33.7 Å². The second kappa shape index (κ2) is 13.4. The fourth-order valence-electron chi connectivity index (χ4n) is 6.55. The van der Waals surface area contributed by atoms with Crippen LogP contribution in [0.5, 0.6) is 0 Å². The minimum atomic E-state index is -1.56. The third kappa shape index (κ3) is 6.54. The molecule has 0 radical (unpaired) electrons. The Morgan fingerprint density at radius 3 is 2.37 bits per heavy atom. The minimum absolute atomic E-state index is 0.201. The van der Waals surface area contributed by atoms with Gasteiger partial charge in [-0.05, 0) is 92.2 Å². The number of halogens is 2. The summed E-state index contributed by atoms with van der Waals surface area (Å²) in [6.45, 7) is 7.65. The first-order chi connectivity index (χ1) is 21.7. The number of ether oxygens (including phenoxy) is 1. The molecule has 250 valence electrons. The summed E-state index contributed by atoms with van der Waals surface area (Å²) in [5.41, 5.74) is 1.58. The maximum atomic E-state index is 14.8. The van der Waals surface area contributed by atoms with Gasteiger partial charge in [-0.25, -0.2) is 8.78 Å². The Bertz CT molecular complexity index is 1570. The molecule has 3 heterocycles. The summed E-state index contributed by atoms with van der Waals surface area (Å²) in [7, 11) is 1.68. The largest absolute Gasteiger partial charge is 0.388 e. The highest BCUT2D eigenvalue weighted by atomic mass is 19.1. The van der Waals surface area contributed by atoms with Crippen molar-refractivity contribution in [3.05, 3.63) is 59.7 Å². The van der Waals surface area contributed by atoms with Gasteiger partial charge in [-0.2, -0.15) is 0 Å². The van der Waals surface area contributed by atoms with Crippen LogP contribution in [0, 0.1) is 17.0 Å². The van der Waals surface area contributed by atoms with Crippen molar-refractivity contribution < 1.29 is 38.4 Å². The predicted octanol–water partition coefficient (Wildman–Crippen LogP) is 2.87. The van der Waals surface area contributed by atoms with E-state index >= 15 is 0 Å². The van der Waals surface area contributed by atoms with Crippen LogP contribution < -0.4 is 10.6 Å². The van der Waals surface area contributed by atoms with Crippen molar-refractivity contribution >= 4 is 22.7 Å². The standard InChI is InChI=1S/C34H44F2N4O6/c1-18(37-5)31(44)38-30(34(2,3)4)32(45)39-14-6-7-22(39)16-24-23-13-12-21(36)15-25(23)40(27(24)19-8-10-20(35)11-9-19)33-29(43)28(42)26(41)17-46-33/h8-13,15,18,22,26,28-30,33,37,41-43H,6-7,14,16-17H2,1-5H3,(H,38,44)/t18-,22-,26+,28-,29+,30+,33+/m0/s1. The molecule has 10 nitrogen and oxygen atoms in total. The van der Waals surface area contributed by atoms with Crippen molar-refractivity contribution in [2.45, 2.75) is 89.6 Å². The lowest BCUT2D eigenvalue weighted by molar-refractivity contribution is -0.209. The number of fused-ring (bicyclic) bond motifs is 1. The predicted molar refractivity (Wildman–Crippen MR) is 169 cm³/mol. The molecule has 7 atom stereocenters. The van der Waals surface area contributed by atoms with Gasteiger partial charge in [-0.15, -0.1) is 0 Å². The van der Waals surface area contributed by atoms with Gasteiger partial charge in [0, 0.05) is 18.0 Å². The van der Waals surface area contributed by atoms with Crippen molar-refractivity contribution in [1.29, 1.82) is 0 Å². The fraction of sp³-hybridized carbons (Fsp3) is 0.529. The number of rotatable bonds is 8. The molecule has 5 N–H and O–H groups in total. The minimum Gasteiger partial charge on any atom is -0.388 e. The zero-order valence-corrected chi connectivity index (χ0v) is 26.8. The van der Waals surface area contributed by atoms with E-state index in [2.05, 4.69) is 10.6 Å². The maximum Gasteiger partial charge on any atom is 0.245 e. The van der Waals surface area contributed by atoms with Gasteiger partial charge >= 0.3 is 0 Å². The first-order valence-corrected chi connectivity index (χ1v) is 15.7. The molecule has 0 aliphatic carbocycles. The Morgan fingerprint density at radius 2 is 1.72 bits per heavy atom. The molecule has 2 saturated heterocycles. The smallest absolute Gasteiger partial charge is 0.245 e. The Kier molecular flexibility index (Phi) is 9.86. The number of likely N-dealkylation sites (N-methyl/N-ethyl adjacent to an activating group) is 1. The van der Waals surface area contributed by atoms with E-state index < -0.39 is 53.7 Å². The van der Waals surface area contributed by atoms with Gasteiger partial charge in [0.1, 0.15) is 36.0 Å². The number of benzene rings is 2. The average molecular weight is 643 g/mol. The van der Waals surface area contributed by atoms with E-state index in [4.69, 9.17) is 4.74 Å². The number of likely N-dealkylation sites (tertiary alicyclic amines) is 1. The molecule has 2 aliphatic heterocycles. The third-order valence-electron chi connectivity index (χ3n) is 9.24. The molecule has 0 saturated carbocycles. The number of aromatic nitrogens is 1. The van der Waals surface area contributed by atoms with Crippen LogP contribution in [0.25, 0.3) is 22.2 Å². The summed E-state index contributed by atoms with van der Waals surface area (Å²) in [5.74, 6) is -1.48. The lowest BCUT2D eigenvalue weighted by atomic mass is 9.85. The van der Waals surface area contributed by atoms with E-state index in [0.717, 1.165) is 12.0 Å². The molecule has 0 spiro atoms. The number of nitrogens with one attached hydrogen (secondary N) is 2. The number of aliphatic hydroxyl groups is 3. The molecule has 2 amide bonds. The summed E-state index contributed by atoms with van der Waals surface area (Å²) in [6.07, 6.45) is -3.85. The van der Waals surface area contributed by atoms with Crippen molar-refractivity contribution in [3.8, 4) is 11.3 Å². The van der Waals surface area contributed by atoms with Gasteiger partial charge in [0.2, 0.25) is 11.8 Å². The zero-order chi connectivity index (χ0) is 33.5. The zero-order valence-electron chi connectivity index (χ0n) is 26.8. The molecule has 12 heteroatoms. The van der Waals surface area contributed by atoms with Gasteiger partial charge in [-0.3, -0.25) is 9.59 Å². The number of hydrogen-bond acceptors (Lipinski definition) is 7. The summed E-state index contributed by atoms with van der Waals surface area (Å²) in [4.78, 5) is 28.9. The molecule has 1 aromatic heterocycles. The van der Waals surface area contributed by atoms with Crippen LogP contribution in [0.3, 0.4) is 0 Å². The molecule has 3 aromatic rings. The summed E-state index contributed by atoms with van der Waals surface area (Å²) < 4.78 is 36.4. The highest BCUT2D eigenvalue weighted by Gasteiger charge is 2.43. The maximum absolute atomic E-state index is 14.8.